The van der Waals surface area contributed by atoms with E-state index in [2.05, 4.69) is 10.6 Å². The van der Waals surface area contributed by atoms with Gasteiger partial charge in [-0.15, -0.1) is 0 Å². The monoisotopic (exact) mass is 248 g/mol. The van der Waals surface area contributed by atoms with Gasteiger partial charge in [-0.1, -0.05) is 6.07 Å². The van der Waals surface area contributed by atoms with Gasteiger partial charge in [0.25, 0.3) is 0 Å². The third kappa shape index (κ3) is 2.68. The number of rotatable bonds is 3. The molecule has 1 saturated heterocycles. The molecule has 0 aliphatic carbocycles. The average Bonchev–Trinajstić information content (AvgIpc) is 2.85. The van der Waals surface area contributed by atoms with E-state index in [4.69, 9.17) is 5.11 Å². The van der Waals surface area contributed by atoms with Gasteiger partial charge in [-0.3, -0.25) is 4.79 Å². The Balaban J connectivity index is 2.14. The first-order valence-corrected chi connectivity index (χ1v) is 5.93. The normalized spacial score (nSPS) is 18.6. The summed E-state index contributed by atoms with van der Waals surface area (Å²) in [5.41, 5.74) is 1.62. The van der Waals surface area contributed by atoms with E-state index in [9.17, 15) is 9.59 Å². The standard InChI is InChI=1S/C13H16N2O3/c1-8-2-3-9(13(17)18)6-11(8)15-12(16)10-4-5-14-7-10/h2-3,6,10,14H,4-5,7H2,1H3,(H,15,16)(H,17,18). The van der Waals surface area contributed by atoms with Crippen LogP contribution in [0.2, 0.25) is 0 Å². The van der Waals surface area contributed by atoms with Crippen molar-refractivity contribution in [2.75, 3.05) is 18.4 Å². The molecule has 0 spiro atoms. The highest BCUT2D eigenvalue weighted by Crippen LogP contribution is 2.19. The number of carboxylic acids is 1. The van der Waals surface area contributed by atoms with Gasteiger partial charge < -0.3 is 15.7 Å². The molecule has 1 aliphatic heterocycles. The van der Waals surface area contributed by atoms with Crippen LogP contribution < -0.4 is 10.6 Å². The summed E-state index contributed by atoms with van der Waals surface area (Å²) in [6.07, 6.45) is 0.823. The summed E-state index contributed by atoms with van der Waals surface area (Å²) in [5.74, 6) is -1.07. The fraction of sp³-hybridized carbons (Fsp3) is 0.385. The number of carboxylic acid groups (broad SMARTS) is 1. The fourth-order valence-electron chi connectivity index (χ4n) is 2.00. The number of hydrogen-bond acceptors (Lipinski definition) is 3. The van der Waals surface area contributed by atoms with Gasteiger partial charge >= 0.3 is 5.97 Å². The van der Waals surface area contributed by atoms with Crippen molar-refractivity contribution in [1.82, 2.24) is 5.32 Å². The van der Waals surface area contributed by atoms with E-state index < -0.39 is 5.97 Å². The summed E-state index contributed by atoms with van der Waals surface area (Å²) in [5, 5.41) is 14.9. The molecule has 0 saturated carbocycles. The lowest BCUT2D eigenvalue weighted by Gasteiger charge is -2.12. The molecule has 2 rings (SSSR count). The molecule has 3 N–H and O–H groups in total. The summed E-state index contributed by atoms with van der Waals surface area (Å²) < 4.78 is 0. The maximum absolute atomic E-state index is 11.9. The summed E-state index contributed by atoms with van der Waals surface area (Å²) in [4.78, 5) is 22.8. The topological polar surface area (TPSA) is 78.4 Å². The van der Waals surface area contributed by atoms with E-state index in [0.29, 0.717) is 12.2 Å². The Kier molecular flexibility index (Phi) is 3.62. The number of anilines is 1. The fourth-order valence-corrected chi connectivity index (χ4v) is 2.00. The van der Waals surface area contributed by atoms with Crippen LogP contribution in [-0.4, -0.2) is 30.1 Å². The zero-order valence-electron chi connectivity index (χ0n) is 10.2. The quantitative estimate of drug-likeness (QED) is 0.752. The second kappa shape index (κ2) is 5.18. The Morgan fingerprint density at radius 2 is 2.22 bits per heavy atom. The van der Waals surface area contributed by atoms with Gasteiger partial charge in [-0.05, 0) is 37.6 Å². The summed E-state index contributed by atoms with van der Waals surface area (Å²) in [7, 11) is 0. The molecule has 1 atom stereocenters. The molecule has 1 fully saturated rings. The van der Waals surface area contributed by atoms with Crippen molar-refractivity contribution < 1.29 is 14.7 Å². The molecule has 1 aromatic carbocycles. The minimum Gasteiger partial charge on any atom is -0.478 e. The number of aryl methyl sites for hydroxylation is 1. The number of amides is 1. The zero-order valence-corrected chi connectivity index (χ0v) is 10.2. The predicted molar refractivity (Wildman–Crippen MR) is 67.7 cm³/mol. The van der Waals surface area contributed by atoms with Gasteiger partial charge in [0.15, 0.2) is 0 Å². The molecule has 1 aliphatic rings. The van der Waals surface area contributed by atoms with Gasteiger partial charge in [-0.25, -0.2) is 4.79 Å². The molecular formula is C13H16N2O3. The Morgan fingerprint density at radius 3 is 2.83 bits per heavy atom. The summed E-state index contributed by atoms with van der Waals surface area (Å²) in [6.45, 7) is 3.38. The molecule has 1 unspecified atom stereocenters. The van der Waals surface area contributed by atoms with Crippen molar-refractivity contribution in [3.05, 3.63) is 29.3 Å². The Bertz CT molecular complexity index is 479. The van der Waals surface area contributed by atoms with Crippen LogP contribution in [0.5, 0.6) is 0 Å². The van der Waals surface area contributed by atoms with Crippen LogP contribution in [0.15, 0.2) is 18.2 Å². The molecule has 0 aromatic heterocycles. The first-order valence-electron chi connectivity index (χ1n) is 5.93. The Labute approximate surface area is 105 Å². The van der Waals surface area contributed by atoms with Crippen LogP contribution in [0.25, 0.3) is 0 Å². The van der Waals surface area contributed by atoms with Crippen molar-refractivity contribution in [1.29, 1.82) is 0 Å². The van der Waals surface area contributed by atoms with Gasteiger partial charge in [0.05, 0.1) is 11.5 Å². The molecule has 1 heterocycles. The number of aromatic carboxylic acids is 1. The molecule has 18 heavy (non-hydrogen) atoms. The largest absolute Gasteiger partial charge is 0.478 e. The van der Waals surface area contributed by atoms with Crippen LogP contribution in [0.4, 0.5) is 5.69 Å². The average molecular weight is 248 g/mol. The van der Waals surface area contributed by atoms with E-state index in [-0.39, 0.29) is 17.4 Å². The smallest absolute Gasteiger partial charge is 0.335 e. The maximum atomic E-state index is 11.9. The van der Waals surface area contributed by atoms with E-state index in [0.717, 1.165) is 18.5 Å². The molecule has 1 aromatic rings. The maximum Gasteiger partial charge on any atom is 0.335 e. The number of benzene rings is 1. The molecule has 5 nitrogen and oxygen atoms in total. The van der Waals surface area contributed by atoms with Crippen molar-refractivity contribution in [3.8, 4) is 0 Å². The van der Waals surface area contributed by atoms with Crippen molar-refractivity contribution in [3.63, 3.8) is 0 Å². The first-order chi connectivity index (χ1) is 8.58. The Morgan fingerprint density at radius 1 is 1.44 bits per heavy atom. The number of carbonyl (C=O) groups is 2. The second-order valence-electron chi connectivity index (χ2n) is 4.51. The SMILES string of the molecule is Cc1ccc(C(=O)O)cc1NC(=O)C1CCNC1. The van der Waals surface area contributed by atoms with E-state index in [1.165, 1.54) is 12.1 Å². The number of carbonyl (C=O) groups excluding carboxylic acids is 1. The highest BCUT2D eigenvalue weighted by molar-refractivity contribution is 5.96. The molecule has 0 radical (unpaired) electrons. The van der Waals surface area contributed by atoms with Gasteiger partial charge in [0, 0.05) is 12.2 Å². The van der Waals surface area contributed by atoms with E-state index in [1.807, 2.05) is 6.92 Å². The van der Waals surface area contributed by atoms with Gasteiger partial charge in [-0.2, -0.15) is 0 Å². The lowest BCUT2D eigenvalue weighted by atomic mass is 10.1. The third-order valence-corrected chi connectivity index (χ3v) is 3.17. The van der Waals surface area contributed by atoms with Crippen LogP contribution in [0.3, 0.4) is 0 Å². The van der Waals surface area contributed by atoms with Crippen molar-refractivity contribution >= 4 is 17.6 Å². The minimum atomic E-state index is -0.993. The lowest BCUT2D eigenvalue weighted by Crippen LogP contribution is -2.25. The molecular weight excluding hydrogens is 232 g/mol. The van der Waals surface area contributed by atoms with Crippen LogP contribution in [-0.2, 0) is 4.79 Å². The highest BCUT2D eigenvalue weighted by Gasteiger charge is 2.22. The molecule has 96 valence electrons. The van der Waals surface area contributed by atoms with Gasteiger partial charge in [0.2, 0.25) is 5.91 Å². The second-order valence-corrected chi connectivity index (χ2v) is 4.51. The Hall–Kier alpha value is -1.88. The predicted octanol–water partition coefficient (Wildman–Crippen LogP) is 1.24. The van der Waals surface area contributed by atoms with Crippen LogP contribution in [0.1, 0.15) is 22.3 Å². The first kappa shape index (κ1) is 12.6. The van der Waals surface area contributed by atoms with E-state index in [1.54, 1.807) is 6.07 Å². The van der Waals surface area contributed by atoms with E-state index >= 15 is 0 Å². The lowest BCUT2D eigenvalue weighted by molar-refractivity contribution is -0.119. The zero-order chi connectivity index (χ0) is 13.1. The summed E-state index contributed by atoms with van der Waals surface area (Å²) in [6, 6.07) is 4.73. The van der Waals surface area contributed by atoms with Crippen LogP contribution in [0, 0.1) is 12.8 Å². The summed E-state index contributed by atoms with van der Waals surface area (Å²) >= 11 is 0. The minimum absolute atomic E-state index is 0.0297. The number of nitrogens with one attached hydrogen (secondary N) is 2. The van der Waals surface area contributed by atoms with Crippen molar-refractivity contribution in [2.45, 2.75) is 13.3 Å². The van der Waals surface area contributed by atoms with Crippen molar-refractivity contribution in [2.24, 2.45) is 5.92 Å². The number of hydrogen-bond donors (Lipinski definition) is 3. The third-order valence-electron chi connectivity index (χ3n) is 3.17. The van der Waals surface area contributed by atoms with Gasteiger partial charge in [0.1, 0.15) is 0 Å². The molecule has 1 amide bonds. The molecule has 5 heteroatoms. The highest BCUT2D eigenvalue weighted by atomic mass is 16.4. The van der Waals surface area contributed by atoms with Crippen LogP contribution >= 0.6 is 0 Å². The molecule has 0 bridgehead atoms.